The van der Waals surface area contributed by atoms with Gasteiger partial charge in [-0.15, -0.1) is 0 Å². The monoisotopic (exact) mass is 134 g/mol. The first kappa shape index (κ1) is 5.90. The minimum atomic E-state index is 0.296. The lowest BCUT2D eigenvalue weighted by Crippen LogP contribution is -2.16. The number of ketones is 1. The number of hydrogen-bond acceptors (Lipinski definition) is 1. The van der Waals surface area contributed by atoms with E-state index in [0.29, 0.717) is 17.6 Å². The molecule has 0 saturated heterocycles. The van der Waals surface area contributed by atoms with Crippen molar-refractivity contribution in [2.75, 3.05) is 0 Å². The average molecular weight is 134 g/mol. The second-order valence-corrected chi connectivity index (χ2v) is 2.97. The van der Waals surface area contributed by atoms with Gasteiger partial charge in [-0.1, -0.05) is 18.2 Å². The summed E-state index contributed by atoms with van der Waals surface area (Å²) in [5.41, 5.74) is 0. The molecule has 0 N–H and O–H groups in total. The molecule has 0 fully saturated rings. The fourth-order valence-corrected chi connectivity index (χ4v) is 1.72. The lowest BCUT2D eigenvalue weighted by Gasteiger charge is -2.18. The summed E-state index contributed by atoms with van der Waals surface area (Å²) in [7, 11) is 0. The van der Waals surface area contributed by atoms with Crippen molar-refractivity contribution < 1.29 is 4.79 Å². The van der Waals surface area contributed by atoms with E-state index < -0.39 is 0 Å². The molecule has 0 spiro atoms. The Labute approximate surface area is 60.4 Å². The highest BCUT2D eigenvalue weighted by atomic mass is 16.1. The van der Waals surface area contributed by atoms with Crippen LogP contribution >= 0.6 is 0 Å². The average Bonchev–Trinajstić information content (AvgIpc) is 2.34. The Hall–Kier alpha value is -0.850. The van der Waals surface area contributed by atoms with Gasteiger partial charge in [0, 0.05) is 5.92 Å². The Bertz CT molecular complexity index is 213. The largest absolute Gasteiger partial charge is 0.295 e. The summed E-state index contributed by atoms with van der Waals surface area (Å²) in [6, 6.07) is 0. The van der Waals surface area contributed by atoms with Gasteiger partial charge in [-0.3, -0.25) is 4.79 Å². The van der Waals surface area contributed by atoms with E-state index >= 15 is 0 Å². The maximum Gasteiger partial charge on any atom is 0.159 e. The molecule has 0 aromatic carbocycles. The summed E-state index contributed by atoms with van der Waals surface area (Å²) in [4.78, 5) is 11.1. The zero-order valence-corrected chi connectivity index (χ0v) is 5.79. The molecule has 0 aliphatic heterocycles. The summed E-state index contributed by atoms with van der Waals surface area (Å²) >= 11 is 0. The second-order valence-electron chi connectivity index (χ2n) is 2.97. The molecule has 0 radical (unpaired) electrons. The third-order valence-electron chi connectivity index (χ3n) is 2.35. The van der Waals surface area contributed by atoms with Crippen molar-refractivity contribution in [2.45, 2.75) is 12.8 Å². The van der Waals surface area contributed by atoms with Crippen LogP contribution in [-0.2, 0) is 4.79 Å². The quantitative estimate of drug-likeness (QED) is 0.461. The third kappa shape index (κ3) is 0.737. The van der Waals surface area contributed by atoms with E-state index in [4.69, 9.17) is 0 Å². The van der Waals surface area contributed by atoms with Gasteiger partial charge in [0.25, 0.3) is 0 Å². The van der Waals surface area contributed by atoms with Crippen molar-refractivity contribution >= 4 is 5.78 Å². The molecule has 0 amide bonds. The number of allylic oxidation sites excluding steroid dienone is 4. The lowest BCUT2D eigenvalue weighted by atomic mass is 9.85. The van der Waals surface area contributed by atoms with Crippen LogP contribution in [0.2, 0.25) is 0 Å². The molecular formula is C9H10O. The highest BCUT2D eigenvalue weighted by molar-refractivity contribution is 5.94. The van der Waals surface area contributed by atoms with E-state index in [2.05, 4.69) is 18.2 Å². The number of fused-ring (bicyclic) bond motifs is 1. The number of rotatable bonds is 0. The Morgan fingerprint density at radius 1 is 1.30 bits per heavy atom. The summed E-state index contributed by atoms with van der Waals surface area (Å²) in [6.45, 7) is 0. The van der Waals surface area contributed by atoms with Crippen LogP contribution in [0.25, 0.3) is 0 Å². The fraction of sp³-hybridized carbons (Fsp3) is 0.444. The van der Waals surface area contributed by atoms with Crippen LogP contribution in [-0.4, -0.2) is 5.78 Å². The smallest absolute Gasteiger partial charge is 0.159 e. The van der Waals surface area contributed by atoms with Crippen LogP contribution in [0.1, 0.15) is 12.8 Å². The highest BCUT2D eigenvalue weighted by Crippen LogP contribution is 2.31. The first-order valence-corrected chi connectivity index (χ1v) is 3.75. The molecule has 0 aromatic heterocycles. The Balaban J connectivity index is 2.23. The van der Waals surface area contributed by atoms with Gasteiger partial charge >= 0.3 is 0 Å². The molecule has 2 atom stereocenters. The van der Waals surface area contributed by atoms with E-state index in [1.54, 1.807) is 6.08 Å². The third-order valence-corrected chi connectivity index (χ3v) is 2.35. The predicted octanol–water partition coefficient (Wildman–Crippen LogP) is 1.71. The van der Waals surface area contributed by atoms with Crippen LogP contribution < -0.4 is 0 Å². The normalized spacial score (nSPS) is 36.6. The summed E-state index contributed by atoms with van der Waals surface area (Å²) in [5.74, 6) is 1.15. The van der Waals surface area contributed by atoms with E-state index in [0.717, 1.165) is 12.8 Å². The van der Waals surface area contributed by atoms with Crippen LogP contribution in [0.5, 0.6) is 0 Å². The van der Waals surface area contributed by atoms with E-state index in [9.17, 15) is 4.79 Å². The minimum absolute atomic E-state index is 0.296. The zero-order chi connectivity index (χ0) is 6.97. The number of carbonyl (C=O) groups is 1. The molecule has 1 heteroatoms. The second kappa shape index (κ2) is 2.08. The topological polar surface area (TPSA) is 17.1 Å². The van der Waals surface area contributed by atoms with Gasteiger partial charge in [-0.2, -0.15) is 0 Å². The van der Waals surface area contributed by atoms with Gasteiger partial charge in [-0.25, -0.2) is 0 Å². The minimum Gasteiger partial charge on any atom is -0.295 e. The van der Waals surface area contributed by atoms with Gasteiger partial charge in [0.1, 0.15) is 0 Å². The Morgan fingerprint density at radius 3 is 2.90 bits per heavy atom. The molecule has 52 valence electrons. The van der Waals surface area contributed by atoms with Crippen LogP contribution in [0.15, 0.2) is 24.3 Å². The molecule has 1 nitrogen and oxygen atoms in total. The lowest BCUT2D eigenvalue weighted by molar-refractivity contribution is -0.118. The maximum absolute atomic E-state index is 11.1. The van der Waals surface area contributed by atoms with Gasteiger partial charge in [0.2, 0.25) is 0 Å². The summed E-state index contributed by atoms with van der Waals surface area (Å²) < 4.78 is 0. The van der Waals surface area contributed by atoms with E-state index in [1.807, 2.05) is 0 Å². The van der Waals surface area contributed by atoms with Crippen molar-refractivity contribution in [2.24, 2.45) is 11.8 Å². The first-order chi connectivity index (χ1) is 4.88. The van der Waals surface area contributed by atoms with Crippen LogP contribution in [0.4, 0.5) is 0 Å². The Kier molecular flexibility index (Phi) is 1.23. The highest BCUT2D eigenvalue weighted by Gasteiger charge is 2.29. The van der Waals surface area contributed by atoms with Crippen molar-refractivity contribution in [1.29, 1.82) is 0 Å². The molecule has 0 heterocycles. The predicted molar refractivity (Wildman–Crippen MR) is 39.5 cm³/mol. The molecular weight excluding hydrogens is 124 g/mol. The SMILES string of the molecule is O=C1C=CC2CC=CCC12. The molecule has 10 heavy (non-hydrogen) atoms. The van der Waals surface area contributed by atoms with Crippen molar-refractivity contribution in [3.05, 3.63) is 24.3 Å². The van der Waals surface area contributed by atoms with E-state index in [-0.39, 0.29) is 0 Å². The molecule has 0 aromatic rings. The van der Waals surface area contributed by atoms with Gasteiger partial charge in [0.15, 0.2) is 5.78 Å². The molecule has 0 saturated carbocycles. The summed E-state index contributed by atoms with van der Waals surface area (Å²) in [5, 5.41) is 0. The van der Waals surface area contributed by atoms with Crippen LogP contribution in [0.3, 0.4) is 0 Å². The van der Waals surface area contributed by atoms with Gasteiger partial charge in [0.05, 0.1) is 0 Å². The van der Waals surface area contributed by atoms with Gasteiger partial charge in [-0.05, 0) is 24.8 Å². The van der Waals surface area contributed by atoms with Gasteiger partial charge < -0.3 is 0 Å². The summed E-state index contributed by atoms with van der Waals surface area (Å²) in [6.07, 6.45) is 10.1. The number of carbonyl (C=O) groups excluding carboxylic acids is 1. The molecule has 2 aliphatic carbocycles. The molecule has 2 unspecified atom stereocenters. The maximum atomic E-state index is 11.1. The van der Waals surface area contributed by atoms with Crippen molar-refractivity contribution in [3.63, 3.8) is 0 Å². The molecule has 2 rings (SSSR count). The van der Waals surface area contributed by atoms with Crippen molar-refractivity contribution in [1.82, 2.24) is 0 Å². The standard InChI is InChI=1S/C9H10O/c10-9-6-5-7-3-1-2-4-8(7)9/h1-2,5-8H,3-4H2. The Morgan fingerprint density at radius 2 is 2.10 bits per heavy atom. The van der Waals surface area contributed by atoms with E-state index in [1.165, 1.54) is 0 Å². The van der Waals surface area contributed by atoms with Crippen LogP contribution in [0, 0.1) is 11.8 Å². The fourth-order valence-electron chi connectivity index (χ4n) is 1.72. The first-order valence-electron chi connectivity index (χ1n) is 3.75. The molecule has 0 bridgehead atoms. The molecule has 2 aliphatic rings. The number of hydrogen-bond donors (Lipinski definition) is 0. The van der Waals surface area contributed by atoms with Crippen molar-refractivity contribution in [3.8, 4) is 0 Å². The zero-order valence-electron chi connectivity index (χ0n) is 5.79.